The molecular weight excluding hydrogens is 246 g/mol. The molecule has 2 heterocycles. The number of carbonyl (C=O) groups is 2. The molecule has 0 radical (unpaired) electrons. The summed E-state index contributed by atoms with van der Waals surface area (Å²) in [5.74, 6) is -0.182. The summed E-state index contributed by atoms with van der Waals surface area (Å²) in [5.41, 5.74) is 5.48. The van der Waals surface area contributed by atoms with E-state index in [2.05, 4.69) is 5.32 Å². The Labute approximate surface area is 106 Å². The Bertz CT molecular complexity index is 301. The third kappa shape index (κ3) is 3.31. The number of nitrogens with one attached hydrogen (secondary N) is 1. The minimum absolute atomic E-state index is 0. The van der Waals surface area contributed by atoms with Crippen LogP contribution < -0.4 is 11.1 Å². The molecule has 0 aromatic heterocycles. The minimum atomic E-state index is -0.403. The molecule has 2 amide bonds. The van der Waals surface area contributed by atoms with Crippen molar-refractivity contribution in [3.05, 3.63) is 0 Å². The van der Waals surface area contributed by atoms with Crippen molar-refractivity contribution in [1.82, 2.24) is 10.2 Å². The Morgan fingerprint density at radius 3 is 2.88 bits per heavy atom. The van der Waals surface area contributed by atoms with Crippen LogP contribution in [0.1, 0.15) is 12.8 Å². The third-order valence-corrected chi connectivity index (χ3v) is 3.00. The fraction of sp³-hybridized carbons (Fsp3) is 0.800. The van der Waals surface area contributed by atoms with Crippen LogP contribution in [-0.4, -0.2) is 55.1 Å². The van der Waals surface area contributed by atoms with E-state index in [0.717, 1.165) is 6.42 Å². The van der Waals surface area contributed by atoms with Crippen LogP contribution in [0.15, 0.2) is 0 Å². The minimum Gasteiger partial charge on any atom is -0.364 e. The number of piperazine rings is 1. The maximum absolute atomic E-state index is 12.0. The van der Waals surface area contributed by atoms with Crippen LogP contribution in [0.3, 0.4) is 0 Å². The van der Waals surface area contributed by atoms with E-state index in [1.54, 1.807) is 4.90 Å². The molecule has 0 aromatic carbocycles. The highest BCUT2D eigenvalue weighted by Gasteiger charge is 2.34. The van der Waals surface area contributed by atoms with Gasteiger partial charge in [0.15, 0.2) is 0 Å². The third-order valence-electron chi connectivity index (χ3n) is 3.00. The zero-order chi connectivity index (χ0) is 11.5. The van der Waals surface area contributed by atoms with Gasteiger partial charge in [0.2, 0.25) is 5.91 Å². The van der Waals surface area contributed by atoms with Crippen molar-refractivity contribution in [3.8, 4) is 0 Å². The summed E-state index contributed by atoms with van der Waals surface area (Å²) < 4.78 is 5.51. The lowest BCUT2D eigenvalue weighted by atomic mass is 10.1. The number of nitrogens with zero attached hydrogens (tertiary/aromatic N) is 1. The lowest BCUT2D eigenvalue weighted by Crippen LogP contribution is -2.52. The van der Waals surface area contributed by atoms with E-state index in [1.807, 2.05) is 0 Å². The fourth-order valence-corrected chi connectivity index (χ4v) is 2.09. The second-order valence-electron chi connectivity index (χ2n) is 4.17. The highest BCUT2D eigenvalue weighted by atomic mass is 35.5. The normalized spacial score (nSPS) is 28.5. The molecule has 0 bridgehead atoms. The molecule has 2 rings (SSSR count). The van der Waals surface area contributed by atoms with Gasteiger partial charge in [-0.25, -0.2) is 0 Å². The van der Waals surface area contributed by atoms with Crippen LogP contribution in [0, 0.1) is 0 Å². The van der Waals surface area contributed by atoms with Crippen molar-refractivity contribution >= 4 is 24.2 Å². The van der Waals surface area contributed by atoms with Crippen molar-refractivity contribution in [3.63, 3.8) is 0 Å². The largest absolute Gasteiger partial charge is 0.364 e. The van der Waals surface area contributed by atoms with E-state index in [0.29, 0.717) is 26.1 Å². The number of carbonyl (C=O) groups excluding carboxylic acids is 2. The molecule has 0 unspecified atom stereocenters. The standard InChI is InChI=1S/C10H17N3O3.ClH/c11-5-7-1-2-8(16-7)10(15)13-4-3-12-9(14)6-13;/h7-8H,1-6,11H2,(H,12,14);1H/t7-,8+;/m1./s1. The Balaban J connectivity index is 0.00000144. The molecule has 98 valence electrons. The highest BCUT2D eigenvalue weighted by molar-refractivity contribution is 5.88. The van der Waals surface area contributed by atoms with Gasteiger partial charge in [0, 0.05) is 19.6 Å². The van der Waals surface area contributed by atoms with Gasteiger partial charge in [-0.2, -0.15) is 0 Å². The van der Waals surface area contributed by atoms with Crippen molar-refractivity contribution in [2.75, 3.05) is 26.2 Å². The summed E-state index contributed by atoms with van der Waals surface area (Å²) in [6, 6.07) is 0. The van der Waals surface area contributed by atoms with Gasteiger partial charge in [-0.15, -0.1) is 12.4 Å². The maximum Gasteiger partial charge on any atom is 0.252 e. The Kier molecular flexibility index (Phi) is 5.17. The van der Waals surface area contributed by atoms with E-state index < -0.39 is 6.10 Å². The van der Waals surface area contributed by atoms with Gasteiger partial charge < -0.3 is 20.7 Å². The van der Waals surface area contributed by atoms with Gasteiger partial charge in [-0.3, -0.25) is 9.59 Å². The molecule has 0 saturated carbocycles. The van der Waals surface area contributed by atoms with E-state index in [9.17, 15) is 9.59 Å². The summed E-state index contributed by atoms with van der Waals surface area (Å²) in [6.45, 7) is 1.69. The van der Waals surface area contributed by atoms with Crippen molar-refractivity contribution in [2.24, 2.45) is 5.73 Å². The van der Waals surface area contributed by atoms with E-state index >= 15 is 0 Å². The van der Waals surface area contributed by atoms with Crippen LogP contribution >= 0.6 is 12.4 Å². The second-order valence-corrected chi connectivity index (χ2v) is 4.17. The molecule has 2 fully saturated rings. The topological polar surface area (TPSA) is 84.7 Å². The first kappa shape index (κ1) is 14.2. The first-order chi connectivity index (χ1) is 7.70. The summed E-state index contributed by atoms with van der Waals surface area (Å²) in [5, 5.41) is 2.68. The molecule has 0 spiro atoms. The van der Waals surface area contributed by atoms with Crippen LogP contribution in [0.25, 0.3) is 0 Å². The number of rotatable bonds is 2. The molecule has 2 saturated heterocycles. The van der Waals surface area contributed by atoms with Crippen molar-refractivity contribution in [1.29, 1.82) is 0 Å². The SMILES string of the molecule is Cl.NC[C@H]1CC[C@@H](C(=O)N2CCNC(=O)C2)O1. The average Bonchev–Trinajstić information content (AvgIpc) is 2.76. The number of ether oxygens (including phenoxy) is 1. The maximum atomic E-state index is 12.0. The lowest BCUT2D eigenvalue weighted by Gasteiger charge is -2.28. The summed E-state index contributed by atoms with van der Waals surface area (Å²) in [4.78, 5) is 24.7. The molecule has 2 atom stereocenters. The quantitative estimate of drug-likeness (QED) is 0.661. The molecule has 6 nitrogen and oxygen atoms in total. The van der Waals surface area contributed by atoms with Crippen molar-refractivity contribution < 1.29 is 14.3 Å². The molecule has 0 aromatic rings. The van der Waals surface area contributed by atoms with Crippen LogP contribution in [0.5, 0.6) is 0 Å². The molecule has 17 heavy (non-hydrogen) atoms. The Morgan fingerprint density at radius 1 is 1.53 bits per heavy atom. The number of amides is 2. The Morgan fingerprint density at radius 2 is 2.29 bits per heavy atom. The van der Waals surface area contributed by atoms with Crippen LogP contribution in [-0.2, 0) is 14.3 Å². The number of halogens is 1. The van der Waals surface area contributed by atoms with Crippen LogP contribution in [0.4, 0.5) is 0 Å². The van der Waals surface area contributed by atoms with Crippen molar-refractivity contribution in [2.45, 2.75) is 25.0 Å². The first-order valence-corrected chi connectivity index (χ1v) is 5.61. The second kappa shape index (κ2) is 6.18. The first-order valence-electron chi connectivity index (χ1n) is 5.61. The molecule has 2 aliphatic heterocycles. The summed E-state index contributed by atoms with van der Waals surface area (Å²) in [6.07, 6.45) is 1.12. The van der Waals surface area contributed by atoms with E-state index in [1.165, 1.54) is 0 Å². The lowest BCUT2D eigenvalue weighted by molar-refractivity contribution is -0.147. The predicted octanol–water partition coefficient (Wildman–Crippen LogP) is -1.13. The van der Waals surface area contributed by atoms with Gasteiger partial charge in [0.25, 0.3) is 5.91 Å². The van der Waals surface area contributed by atoms with E-state index in [-0.39, 0.29) is 36.9 Å². The van der Waals surface area contributed by atoms with Gasteiger partial charge in [-0.1, -0.05) is 0 Å². The van der Waals surface area contributed by atoms with Gasteiger partial charge >= 0.3 is 0 Å². The number of hydrogen-bond donors (Lipinski definition) is 2. The predicted molar refractivity (Wildman–Crippen MR) is 63.8 cm³/mol. The highest BCUT2D eigenvalue weighted by Crippen LogP contribution is 2.20. The van der Waals surface area contributed by atoms with Gasteiger partial charge in [0.1, 0.15) is 6.10 Å². The summed E-state index contributed by atoms with van der Waals surface area (Å²) in [7, 11) is 0. The number of hydrogen-bond acceptors (Lipinski definition) is 4. The Hall–Kier alpha value is -0.850. The van der Waals surface area contributed by atoms with Crippen LogP contribution in [0.2, 0.25) is 0 Å². The zero-order valence-electron chi connectivity index (χ0n) is 9.55. The smallest absolute Gasteiger partial charge is 0.252 e. The molecule has 0 aliphatic carbocycles. The van der Waals surface area contributed by atoms with Gasteiger partial charge in [-0.05, 0) is 12.8 Å². The van der Waals surface area contributed by atoms with E-state index in [4.69, 9.17) is 10.5 Å². The monoisotopic (exact) mass is 263 g/mol. The van der Waals surface area contributed by atoms with Gasteiger partial charge in [0.05, 0.1) is 12.6 Å². The fourth-order valence-electron chi connectivity index (χ4n) is 2.09. The molecule has 2 aliphatic rings. The zero-order valence-corrected chi connectivity index (χ0v) is 10.4. The molecule has 3 N–H and O–H groups in total. The molecular formula is C10H18ClN3O3. The number of nitrogens with two attached hydrogens (primary N) is 1. The summed E-state index contributed by atoms with van der Waals surface area (Å²) >= 11 is 0. The average molecular weight is 264 g/mol. The molecule has 7 heteroatoms.